The van der Waals surface area contributed by atoms with Crippen LogP contribution in [0.4, 0.5) is 0 Å². The molecule has 12 nitrogen and oxygen atoms in total. The molecule has 0 radical (unpaired) electrons. The van der Waals surface area contributed by atoms with Gasteiger partial charge in [-0.1, -0.05) is 0 Å². The van der Waals surface area contributed by atoms with E-state index >= 15 is 0 Å². The van der Waals surface area contributed by atoms with Crippen molar-refractivity contribution in [3.05, 3.63) is 0 Å². The van der Waals surface area contributed by atoms with Crippen LogP contribution < -0.4 is 11.5 Å². The molecule has 14 heteroatoms. The molecule has 116 valence electrons. The van der Waals surface area contributed by atoms with Gasteiger partial charge in [0.15, 0.2) is 0 Å². The average molecular weight is 318 g/mol. The van der Waals surface area contributed by atoms with Crippen molar-refractivity contribution in [3.63, 3.8) is 0 Å². The van der Waals surface area contributed by atoms with E-state index < -0.39 is 20.8 Å². The summed E-state index contributed by atoms with van der Waals surface area (Å²) in [5, 5.41) is 7.75. The van der Waals surface area contributed by atoms with E-state index in [2.05, 4.69) is 4.18 Å². The Morgan fingerprint density at radius 2 is 1.22 bits per heavy atom. The Labute approximate surface area is 104 Å². The zero-order valence-corrected chi connectivity index (χ0v) is 10.8. The minimum absolute atomic E-state index is 0. The van der Waals surface area contributed by atoms with E-state index in [0.29, 0.717) is 6.54 Å². The third kappa shape index (κ3) is 106. The SMILES string of the molecule is NCCO.NCCOS(=O)(=O)O.O.O=S(=O)(O)O. The van der Waals surface area contributed by atoms with Crippen LogP contribution in [0.1, 0.15) is 0 Å². The van der Waals surface area contributed by atoms with Crippen LogP contribution in [0.2, 0.25) is 0 Å². The van der Waals surface area contributed by atoms with Crippen molar-refractivity contribution in [2.24, 2.45) is 11.5 Å². The molecule has 0 aliphatic heterocycles. The normalized spacial score (nSPS) is 10.1. The van der Waals surface area contributed by atoms with Crippen molar-refractivity contribution in [2.75, 3.05) is 26.3 Å². The number of hydrogen-bond donors (Lipinski definition) is 6. The zero-order valence-electron chi connectivity index (χ0n) is 9.13. The summed E-state index contributed by atoms with van der Waals surface area (Å²) in [7, 11) is -8.93. The van der Waals surface area contributed by atoms with Crippen LogP contribution in [0, 0.1) is 0 Å². The van der Waals surface area contributed by atoms with Gasteiger partial charge in [-0.15, -0.1) is 0 Å². The molecule has 0 atom stereocenters. The van der Waals surface area contributed by atoms with Crippen LogP contribution in [0.25, 0.3) is 0 Å². The minimum atomic E-state index is -4.67. The first kappa shape index (κ1) is 26.2. The van der Waals surface area contributed by atoms with Crippen molar-refractivity contribution < 1.29 is 45.3 Å². The number of hydrogen-bond acceptors (Lipinski definition) is 8. The summed E-state index contributed by atoms with van der Waals surface area (Å²) in [5.41, 5.74) is 9.61. The van der Waals surface area contributed by atoms with Gasteiger partial charge in [-0.2, -0.15) is 16.8 Å². The molecular formula is C4H18N2O10S2. The van der Waals surface area contributed by atoms with Gasteiger partial charge >= 0.3 is 20.8 Å². The average Bonchev–Trinajstić information content (AvgIpc) is 2.11. The second-order valence-electron chi connectivity index (χ2n) is 2.00. The lowest BCUT2D eigenvalue weighted by atomic mass is 10.8. The first-order valence-corrected chi connectivity index (χ1v) is 6.56. The third-order valence-electron chi connectivity index (χ3n) is 0.479. The van der Waals surface area contributed by atoms with E-state index in [4.69, 9.17) is 38.6 Å². The molecule has 0 spiro atoms. The van der Waals surface area contributed by atoms with Crippen molar-refractivity contribution in [1.29, 1.82) is 0 Å². The van der Waals surface area contributed by atoms with Gasteiger partial charge in [-0.05, 0) is 0 Å². The standard InChI is InChI=1S/C2H7NO4S.C2H7NO.H2O4S.H2O/c3-1-2-7-8(4,5)6;3-1-2-4;1-5(2,3)4;/h1-3H2,(H,4,5,6);4H,1-3H2;(H2,1,2,3,4);1H2. The maximum Gasteiger partial charge on any atom is 0.397 e. The smallest absolute Gasteiger partial charge is 0.397 e. The zero-order chi connectivity index (χ0) is 14.5. The number of nitrogens with two attached hydrogens (primary N) is 2. The summed E-state index contributed by atoms with van der Waals surface area (Å²) in [4.78, 5) is 0. The van der Waals surface area contributed by atoms with Crippen molar-refractivity contribution in [3.8, 4) is 0 Å². The van der Waals surface area contributed by atoms with Gasteiger partial charge in [-0.25, -0.2) is 4.18 Å². The van der Waals surface area contributed by atoms with Crippen molar-refractivity contribution in [1.82, 2.24) is 0 Å². The maximum absolute atomic E-state index is 9.67. The third-order valence-corrected chi connectivity index (χ3v) is 0.944. The number of aliphatic hydroxyl groups excluding tert-OH is 1. The second kappa shape index (κ2) is 14.6. The van der Waals surface area contributed by atoms with E-state index in [-0.39, 0.29) is 25.2 Å². The van der Waals surface area contributed by atoms with Crippen LogP contribution in [-0.2, 0) is 25.0 Å². The van der Waals surface area contributed by atoms with Gasteiger partial charge < -0.3 is 22.1 Å². The number of rotatable bonds is 4. The Kier molecular flexibility index (Phi) is 21.3. The first-order chi connectivity index (χ1) is 7.47. The molecule has 0 amide bonds. The lowest BCUT2D eigenvalue weighted by molar-refractivity contribution is 0.276. The summed E-state index contributed by atoms with van der Waals surface area (Å²) in [5.74, 6) is 0. The predicted octanol–water partition coefficient (Wildman–Crippen LogP) is -3.78. The van der Waals surface area contributed by atoms with Gasteiger partial charge in [0, 0.05) is 13.1 Å². The Morgan fingerprint density at radius 1 is 0.944 bits per heavy atom. The Balaban J connectivity index is -0.0000000855. The molecule has 0 unspecified atom stereocenters. The summed E-state index contributed by atoms with van der Waals surface area (Å²) in [6, 6.07) is 0. The molecule has 0 aromatic heterocycles. The highest BCUT2D eigenvalue weighted by atomic mass is 32.3. The van der Waals surface area contributed by atoms with Gasteiger partial charge in [0.05, 0.1) is 13.2 Å². The number of aliphatic hydroxyl groups is 1. The summed E-state index contributed by atoms with van der Waals surface area (Å²) < 4.78 is 62.5. The molecule has 18 heavy (non-hydrogen) atoms. The Hall–Kier alpha value is -0.420. The molecule has 0 aromatic carbocycles. The molecule has 0 aliphatic carbocycles. The van der Waals surface area contributed by atoms with Crippen LogP contribution in [0.5, 0.6) is 0 Å². The molecule has 0 saturated carbocycles. The van der Waals surface area contributed by atoms with Crippen LogP contribution in [0.3, 0.4) is 0 Å². The minimum Gasteiger partial charge on any atom is -0.412 e. The summed E-state index contributed by atoms with van der Waals surface area (Å²) in [6.07, 6.45) is 0. The predicted molar refractivity (Wildman–Crippen MR) is 60.5 cm³/mol. The fraction of sp³-hybridized carbons (Fsp3) is 1.00. The molecule has 0 aromatic rings. The summed E-state index contributed by atoms with van der Waals surface area (Å²) in [6.45, 7) is 0.360. The fourth-order valence-corrected chi connectivity index (χ4v) is 0.460. The molecule has 0 bridgehead atoms. The van der Waals surface area contributed by atoms with E-state index in [1.807, 2.05) is 0 Å². The van der Waals surface area contributed by atoms with Crippen LogP contribution in [-0.4, -0.2) is 67.4 Å². The highest BCUT2D eigenvalue weighted by Crippen LogP contribution is 1.81. The van der Waals surface area contributed by atoms with Gasteiger partial charge in [-0.3, -0.25) is 13.7 Å². The van der Waals surface area contributed by atoms with Crippen molar-refractivity contribution in [2.45, 2.75) is 0 Å². The van der Waals surface area contributed by atoms with Gasteiger partial charge in [0.25, 0.3) is 0 Å². The molecule has 0 fully saturated rings. The molecular weight excluding hydrogens is 300 g/mol. The molecule has 0 heterocycles. The molecule has 0 saturated heterocycles. The molecule has 10 N–H and O–H groups in total. The largest absolute Gasteiger partial charge is 0.412 e. The first-order valence-electron chi connectivity index (χ1n) is 3.80. The highest BCUT2D eigenvalue weighted by Gasteiger charge is 2.00. The lowest BCUT2D eigenvalue weighted by Crippen LogP contribution is -2.12. The monoisotopic (exact) mass is 318 g/mol. The summed E-state index contributed by atoms with van der Waals surface area (Å²) >= 11 is 0. The molecule has 0 aliphatic rings. The van der Waals surface area contributed by atoms with Crippen LogP contribution >= 0.6 is 0 Å². The van der Waals surface area contributed by atoms with E-state index in [9.17, 15) is 8.42 Å². The molecule has 0 rings (SSSR count). The van der Waals surface area contributed by atoms with Gasteiger partial charge in [0.1, 0.15) is 0 Å². The fourth-order valence-electron chi connectivity index (χ4n) is 0.153. The van der Waals surface area contributed by atoms with Crippen LogP contribution in [0.15, 0.2) is 0 Å². The van der Waals surface area contributed by atoms with E-state index in [1.165, 1.54) is 0 Å². The van der Waals surface area contributed by atoms with Gasteiger partial charge in [0.2, 0.25) is 0 Å². The lowest BCUT2D eigenvalue weighted by Gasteiger charge is -1.92. The Bertz CT molecular complexity index is 327. The topological polar surface area (TPSA) is 242 Å². The van der Waals surface area contributed by atoms with E-state index in [1.54, 1.807) is 0 Å². The highest BCUT2D eigenvalue weighted by molar-refractivity contribution is 7.80. The second-order valence-corrected chi connectivity index (χ2v) is 3.99. The van der Waals surface area contributed by atoms with E-state index in [0.717, 1.165) is 0 Å². The van der Waals surface area contributed by atoms with Crippen molar-refractivity contribution >= 4 is 20.8 Å². The quantitative estimate of drug-likeness (QED) is 0.274. The Morgan fingerprint density at radius 3 is 1.28 bits per heavy atom. The maximum atomic E-state index is 9.67.